The van der Waals surface area contributed by atoms with E-state index in [9.17, 15) is 5.11 Å². The number of aromatic hydroxyl groups is 1. The Morgan fingerprint density at radius 1 is 1.04 bits per heavy atom. The van der Waals surface area contributed by atoms with E-state index in [2.05, 4.69) is 56.4 Å². The molecule has 2 aromatic carbocycles. The van der Waals surface area contributed by atoms with Gasteiger partial charge in [-0.1, -0.05) is 63.2 Å². The van der Waals surface area contributed by atoms with Crippen LogP contribution in [0.5, 0.6) is 5.75 Å². The van der Waals surface area contributed by atoms with E-state index in [-0.39, 0.29) is 18.3 Å². The molecule has 2 rings (SSSR count). The molecule has 3 heteroatoms. The Balaban J connectivity index is 0.00000264. The average Bonchev–Trinajstić information content (AvgIpc) is 2.53. The lowest BCUT2D eigenvalue weighted by atomic mass is 9.86. The molecule has 0 fully saturated rings. The third-order valence-electron chi connectivity index (χ3n) is 4.06. The molecule has 0 aliphatic rings. The van der Waals surface area contributed by atoms with Crippen LogP contribution in [0, 0.1) is 0 Å². The van der Waals surface area contributed by atoms with Gasteiger partial charge in [-0.05, 0) is 36.6 Å². The zero-order valence-corrected chi connectivity index (χ0v) is 15.1. The largest absolute Gasteiger partial charge is 0.508 e. The van der Waals surface area contributed by atoms with Crippen molar-refractivity contribution >= 4 is 12.4 Å². The van der Waals surface area contributed by atoms with Crippen molar-refractivity contribution in [2.75, 3.05) is 6.54 Å². The molecule has 126 valence electrons. The molecule has 2 aromatic rings. The Kier molecular flexibility index (Phi) is 8.15. The molecular weight excluding hydrogens is 306 g/mol. The fraction of sp³-hybridized carbons (Fsp3) is 0.400. The Hall–Kier alpha value is -1.51. The topological polar surface area (TPSA) is 32.3 Å². The predicted molar refractivity (Wildman–Crippen MR) is 101 cm³/mol. The summed E-state index contributed by atoms with van der Waals surface area (Å²) in [5, 5.41) is 13.8. The molecule has 23 heavy (non-hydrogen) atoms. The van der Waals surface area contributed by atoms with Gasteiger partial charge in [-0.15, -0.1) is 12.4 Å². The molecule has 1 atom stereocenters. The van der Waals surface area contributed by atoms with Gasteiger partial charge in [-0.25, -0.2) is 0 Å². The summed E-state index contributed by atoms with van der Waals surface area (Å²) >= 11 is 0. The van der Waals surface area contributed by atoms with Gasteiger partial charge in [0.25, 0.3) is 0 Å². The van der Waals surface area contributed by atoms with E-state index < -0.39 is 0 Å². The third kappa shape index (κ3) is 5.56. The van der Waals surface area contributed by atoms with Crippen LogP contribution in [0.25, 0.3) is 0 Å². The van der Waals surface area contributed by atoms with Gasteiger partial charge >= 0.3 is 0 Å². The maximum Gasteiger partial charge on any atom is 0.119 e. The first kappa shape index (κ1) is 19.5. The minimum absolute atomic E-state index is 0. The van der Waals surface area contributed by atoms with Crippen molar-refractivity contribution in [1.29, 1.82) is 0 Å². The van der Waals surface area contributed by atoms with Crippen molar-refractivity contribution in [3.63, 3.8) is 0 Å². The van der Waals surface area contributed by atoms with Gasteiger partial charge in [0.2, 0.25) is 0 Å². The number of rotatable bonds is 7. The lowest BCUT2D eigenvalue weighted by Crippen LogP contribution is -2.25. The maximum atomic E-state index is 10.4. The Bertz CT molecular complexity index is 583. The van der Waals surface area contributed by atoms with Crippen LogP contribution >= 0.6 is 12.4 Å². The zero-order valence-electron chi connectivity index (χ0n) is 14.3. The third-order valence-corrected chi connectivity index (χ3v) is 4.06. The van der Waals surface area contributed by atoms with Gasteiger partial charge in [0.05, 0.1) is 0 Å². The highest BCUT2D eigenvalue weighted by molar-refractivity contribution is 5.85. The van der Waals surface area contributed by atoms with Crippen LogP contribution in [-0.2, 0) is 6.42 Å². The predicted octanol–water partition coefficient (Wildman–Crippen LogP) is 4.90. The molecule has 2 N–H and O–H groups in total. The van der Waals surface area contributed by atoms with Crippen LogP contribution in [0.2, 0.25) is 0 Å². The summed E-state index contributed by atoms with van der Waals surface area (Å²) < 4.78 is 0. The molecule has 2 nitrogen and oxygen atoms in total. The first-order valence-electron chi connectivity index (χ1n) is 8.22. The van der Waals surface area contributed by atoms with Gasteiger partial charge in [0, 0.05) is 17.5 Å². The van der Waals surface area contributed by atoms with Gasteiger partial charge < -0.3 is 10.4 Å². The number of nitrogens with one attached hydrogen (secondary N) is 1. The number of phenols is 1. The van der Waals surface area contributed by atoms with Crippen LogP contribution in [0.3, 0.4) is 0 Å². The van der Waals surface area contributed by atoms with Crippen LogP contribution < -0.4 is 5.32 Å². The molecule has 0 spiro atoms. The van der Waals surface area contributed by atoms with Gasteiger partial charge in [0.1, 0.15) is 5.75 Å². The summed E-state index contributed by atoms with van der Waals surface area (Å²) in [5.41, 5.74) is 3.57. The normalized spacial score (nSPS) is 12.0. The Morgan fingerprint density at radius 2 is 1.74 bits per heavy atom. The standard InChI is InChI=1S/C20H27NO.ClH/c1-4-16-10-11-20(22)19(14-16)18(12-13-21-15(2)3)17-8-6-5-7-9-17;/h5-11,14-15,18,21-22H,4,12-13H2,1-3H3;1H/t18-;/m1./s1. The second-order valence-electron chi connectivity index (χ2n) is 6.11. The lowest BCUT2D eigenvalue weighted by Gasteiger charge is -2.21. The first-order chi connectivity index (χ1) is 10.6. The van der Waals surface area contributed by atoms with Crippen molar-refractivity contribution in [3.8, 4) is 5.75 Å². The van der Waals surface area contributed by atoms with Crippen LogP contribution in [-0.4, -0.2) is 17.7 Å². The zero-order chi connectivity index (χ0) is 15.9. The monoisotopic (exact) mass is 333 g/mol. The number of phenolic OH excluding ortho intramolecular Hbond substituents is 1. The molecule has 0 unspecified atom stereocenters. The highest BCUT2D eigenvalue weighted by atomic mass is 35.5. The molecular formula is C20H28ClNO. The number of halogens is 1. The molecule has 0 amide bonds. The Morgan fingerprint density at radius 3 is 2.35 bits per heavy atom. The van der Waals surface area contributed by atoms with Crippen molar-refractivity contribution < 1.29 is 5.11 Å². The second-order valence-corrected chi connectivity index (χ2v) is 6.11. The van der Waals surface area contributed by atoms with Crippen molar-refractivity contribution in [3.05, 3.63) is 65.2 Å². The quantitative estimate of drug-likeness (QED) is 0.755. The number of aryl methyl sites for hydroxylation is 1. The van der Waals surface area contributed by atoms with Crippen LogP contribution in [0.15, 0.2) is 48.5 Å². The minimum atomic E-state index is 0. The highest BCUT2D eigenvalue weighted by Gasteiger charge is 2.18. The fourth-order valence-corrected chi connectivity index (χ4v) is 2.81. The SMILES string of the molecule is CCc1ccc(O)c([C@H](CCNC(C)C)c2ccccc2)c1.Cl. The fourth-order valence-electron chi connectivity index (χ4n) is 2.81. The molecule has 0 aliphatic heterocycles. The summed E-state index contributed by atoms with van der Waals surface area (Å²) in [4.78, 5) is 0. The molecule has 0 bridgehead atoms. The van der Waals surface area contributed by atoms with Crippen molar-refractivity contribution in [1.82, 2.24) is 5.32 Å². The average molecular weight is 334 g/mol. The van der Waals surface area contributed by atoms with E-state index in [1.54, 1.807) is 0 Å². The van der Waals surface area contributed by atoms with Crippen molar-refractivity contribution in [2.24, 2.45) is 0 Å². The summed E-state index contributed by atoms with van der Waals surface area (Å²) in [7, 11) is 0. The molecule has 0 heterocycles. The van der Waals surface area contributed by atoms with Gasteiger partial charge in [0.15, 0.2) is 0 Å². The van der Waals surface area contributed by atoms with Crippen LogP contribution in [0.4, 0.5) is 0 Å². The van der Waals surface area contributed by atoms with Crippen LogP contribution in [0.1, 0.15) is 49.8 Å². The Labute approximate surface area is 146 Å². The van der Waals surface area contributed by atoms with E-state index in [0.29, 0.717) is 11.8 Å². The molecule has 0 radical (unpaired) electrons. The van der Waals surface area contributed by atoms with E-state index >= 15 is 0 Å². The number of hydrogen-bond donors (Lipinski definition) is 2. The summed E-state index contributed by atoms with van der Waals surface area (Å²) in [6.45, 7) is 7.40. The number of hydrogen-bond acceptors (Lipinski definition) is 2. The van der Waals surface area contributed by atoms with E-state index in [1.807, 2.05) is 18.2 Å². The maximum absolute atomic E-state index is 10.4. The highest BCUT2D eigenvalue weighted by Crippen LogP contribution is 2.34. The van der Waals surface area contributed by atoms with Crippen molar-refractivity contribution in [2.45, 2.75) is 45.6 Å². The molecule has 0 aliphatic carbocycles. The molecule has 0 saturated heterocycles. The van der Waals surface area contributed by atoms with E-state index in [4.69, 9.17) is 0 Å². The smallest absolute Gasteiger partial charge is 0.119 e. The molecule has 0 saturated carbocycles. The van der Waals surface area contributed by atoms with E-state index in [0.717, 1.165) is 24.9 Å². The van der Waals surface area contributed by atoms with Gasteiger partial charge in [-0.2, -0.15) is 0 Å². The molecule has 0 aromatic heterocycles. The van der Waals surface area contributed by atoms with E-state index in [1.165, 1.54) is 11.1 Å². The first-order valence-corrected chi connectivity index (χ1v) is 8.22. The van der Waals surface area contributed by atoms with Gasteiger partial charge in [-0.3, -0.25) is 0 Å². The summed E-state index contributed by atoms with van der Waals surface area (Å²) in [6, 6.07) is 16.9. The summed E-state index contributed by atoms with van der Waals surface area (Å²) in [5.74, 6) is 0.620. The number of benzene rings is 2. The lowest BCUT2D eigenvalue weighted by molar-refractivity contribution is 0.459. The summed E-state index contributed by atoms with van der Waals surface area (Å²) in [6.07, 6.45) is 1.96. The minimum Gasteiger partial charge on any atom is -0.508 e. The second kappa shape index (κ2) is 9.59.